The van der Waals surface area contributed by atoms with Crippen molar-refractivity contribution < 1.29 is 24.6 Å². The van der Waals surface area contributed by atoms with Crippen molar-refractivity contribution in [3.8, 4) is 0 Å². The third-order valence-electron chi connectivity index (χ3n) is 4.98. The summed E-state index contributed by atoms with van der Waals surface area (Å²) in [7, 11) is 0. The Morgan fingerprint density at radius 1 is 1.32 bits per heavy atom. The van der Waals surface area contributed by atoms with Crippen molar-refractivity contribution in [1.82, 2.24) is 9.55 Å². The summed E-state index contributed by atoms with van der Waals surface area (Å²) in [5, 5.41) is 30.8. The van der Waals surface area contributed by atoms with Gasteiger partial charge < -0.3 is 19.7 Å². The predicted molar refractivity (Wildman–Crippen MR) is 109 cm³/mol. The molecule has 0 saturated carbocycles. The summed E-state index contributed by atoms with van der Waals surface area (Å²) in [5.74, 6) is 0.0777. The van der Waals surface area contributed by atoms with E-state index in [1.54, 1.807) is 6.07 Å². The lowest BCUT2D eigenvalue weighted by Crippen LogP contribution is -2.35. The molecule has 1 aromatic heterocycles. The number of rotatable bonds is 8. The first kappa shape index (κ1) is 22.8. The summed E-state index contributed by atoms with van der Waals surface area (Å²) in [5.41, 5.74) is -1.58. The molecule has 31 heavy (non-hydrogen) atoms. The zero-order valence-corrected chi connectivity index (χ0v) is 17.1. The fraction of sp³-hybridized carbons (Fsp3) is 0.500. The van der Waals surface area contributed by atoms with Crippen LogP contribution < -0.4 is 11.2 Å². The number of H-pyrrole nitrogens is 1. The lowest BCUT2D eigenvalue weighted by molar-refractivity contribution is -0.386. The molecule has 3 rings (SSSR count). The van der Waals surface area contributed by atoms with Gasteiger partial charge in [-0.25, -0.2) is 4.79 Å². The van der Waals surface area contributed by atoms with E-state index in [4.69, 9.17) is 9.47 Å². The van der Waals surface area contributed by atoms with E-state index in [1.807, 2.05) is 13.8 Å². The average molecular weight is 435 g/mol. The smallest absolute Gasteiger partial charge is 0.330 e. The van der Waals surface area contributed by atoms with Gasteiger partial charge in [-0.1, -0.05) is 26.0 Å². The molecule has 0 amide bonds. The Morgan fingerprint density at radius 2 is 2.03 bits per heavy atom. The Labute approximate surface area is 177 Å². The summed E-state index contributed by atoms with van der Waals surface area (Å²) < 4.78 is 12.5. The van der Waals surface area contributed by atoms with Gasteiger partial charge in [0.1, 0.15) is 18.4 Å². The largest absolute Gasteiger partial charge is 0.394 e. The van der Waals surface area contributed by atoms with Gasteiger partial charge in [-0.2, -0.15) is 0 Å². The molecule has 1 aliphatic rings. The number of aliphatic hydroxyl groups excluding tert-OH is 2. The highest BCUT2D eigenvalue weighted by Gasteiger charge is 2.36. The standard InChI is InChI=1S/C20H25N3O8/c1-11(2)10-30-18(12-5-3-4-6-14(12)23(28)29)13-8-22(20(27)21-19(13)26)17-7-15(25)16(9-24)31-17/h3-6,8,11,15-18,24-25H,7,9-10H2,1-2H3,(H,21,26,27)/t15-,16+,17+,18?/m0/s1. The van der Waals surface area contributed by atoms with E-state index in [0.29, 0.717) is 0 Å². The molecular formula is C20H25N3O8. The van der Waals surface area contributed by atoms with Crippen LogP contribution in [0.1, 0.15) is 43.7 Å². The molecule has 1 aliphatic heterocycles. The number of nitrogens with one attached hydrogen (secondary N) is 1. The van der Waals surface area contributed by atoms with Gasteiger partial charge in [0.25, 0.3) is 11.2 Å². The molecular weight excluding hydrogens is 410 g/mol. The molecule has 2 aromatic rings. The number of nitro benzene ring substituents is 1. The lowest BCUT2D eigenvalue weighted by Gasteiger charge is -2.21. The SMILES string of the molecule is CC(C)COC(c1ccccc1[N+](=O)[O-])c1cn([C@H]2C[C@H](O)[C@@H](CO)O2)c(=O)[nH]c1=O. The van der Waals surface area contributed by atoms with E-state index < -0.39 is 47.3 Å². The zero-order chi connectivity index (χ0) is 22.7. The van der Waals surface area contributed by atoms with Crippen molar-refractivity contribution in [3.05, 3.63) is 72.5 Å². The summed E-state index contributed by atoms with van der Waals surface area (Å²) >= 11 is 0. The number of nitrogens with zero attached hydrogens (tertiary/aromatic N) is 2. The van der Waals surface area contributed by atoms with Crippen molar-refractivity contribution in [3.63, 3.8) is 0 Å². The predicted octanol–water partition coefficient (Wildman–Crippen LogP) is 0.847. The van der Waals surface area contributed by atoms with Crippen LogP contribution in [0.5, 0.6) is 0 Å². The molecule has 1 aromatic carbocycles. The summed E-state index contributed by atoms with van der Waals surface area (Å²) in [6.07, 6.45) is -2.62. The van der Waals surface area contributed by atoms with Crippen LogP contribution >= 0.6 is 0 Å². The van der Waals surface area contributed by atoms with Gasteiger partial charge in [-0.3, -0.25) is 24.5 Å². The zero-order valence-electron chi connectivity index (χ0n) is 17.1. The molecule has 2 heterocycles. The lowest BCUT2D eigenvalue weighted by atomic mass is 10.0. The highest BCUT2D eigenvalue weighted by atomic mass is 16.6. The highest BCUT2D eigenvalue weighted by molar-refractivity contribution is 5.44. The van der Waals surface area contributed by atoms with Crippen LogP contribution in [-0.4, -0.2) is 50.1 Å². The van der Waals surface area contributed by atoms with Crippen LogP contribution in [0.3, 0.4) is 0 Å². The van der Waals surface area contributed by atoms with E-state index in [-0.39, 0.29) is 35.8 Å². The average Bonchev–Trinajstić information content (AvgIpc) is 3.09. The molecule has 11 heteroatoms. The highest BCUT2D eigenvalue weighted by Crippen LogP contribution is 2.33. The second-order valence-corrected chi connectivity index (χ2v) is 7.79. The maximum atomic E-state index is 12.7. The number of hydrogen-bond donors (Lipinski definition) is 3. The van der Waals surface area contributed by atoms with Gasteiger partial charge >= 0.3 is 5.69 Å². The maximum absolute atomic E-state index is 12.7. The fourth-order valence-electron chi connectivity index (χ4n) is 3.46. The number of ether oxygens (including phenoxy) is 2. The number of aromatic amines is 1. The van der Waals surface area contributed by atoms with Crippen LogP contribution in [0, 0.1) is 16.0 Å². The summed E-state index contributed by atoms with van der Waals surface area (Å²) in [6, 6.07) is 5.92. The Morgan fingerprint density at radius 3 is 2.65 bits per heavy atom. The number of para-hydroxylation sites is 1. The number of aromatic nitrogens is 2. The molecule has 0 spiro atoms. The second-order valence-electron chi connectivity index (χ2n) is 7.79. The van der Waals surface area contributed by atoms with E-state index >= 15 is 0 Å². The van der Waals surface area contributed by atoms with Crippen LogP contribution in [0.4, 0.5) is 5.69 Å². The summed E-state index contributed by atoms with van der Waals surface area (Å²) in [4.78, 5) is 38.3. The van der Waals surface area contributed by atoms with Gasteiger partial charge in [0.2, 0.25) is 0 Å². The van der Waals surface area contributed by atoms with Crippen LogP contribution in [0.15, 0.2) is 40.1 Å². The van der Waals surface area contributed by atoms with Crippen molar-refractivity contribution in [1.29, 1.82) is 0 Å². The molecule has 3 N–H and O–H groups in total. The van der Waals surface area contributed by atoms with Gasteiger partial charge in [0, 0.05) is 18.7 Å². The van der Waals surface area contributed by atoms with Crippen molar-refractivity contribution >= 4 is 5.69 Å². The maximum Gasteiger partial charge on any atom is 0.330 e. The Kier molecular flexibility index (Phi) is 7.01. The first-order valence-electron chi connectivity index (χ1n) is 9.87. The third-order valence-corrected chi connectivity index (χ3v) is 4.98. The van der Waals surface area contributed by atoms with Crippen LogP contribution in [0.25, 0.3) is 0 Å². The topological polar surface area (TPSA) is 157 Å². The molecule has 4 atom stereocenters. The fourth-order valence-corrected chi connectivity index (χ4v) is 3.46. The first-order chi connectivity index (χ1) is 14.7. The van der Waals surface area contributed by atoms with Gasteiger partial charge in [-0.05, 0) is 12.0 Å². The monoisotopic (exact) mass is 435 g/mol. The minimum absolute atomic E-state index is 0.0138. The number of benzene rings is 1. The summed E-state index contributed by atoms with van der Waals surface area (Å²) in [6.45, 7) is 3.56. The van der Waals surface area contributed by atoms with Crippen molar-refractivity contribution in [2.75, 3.05) is 13.2 Å². The van der Waals surface area contributed by atoms with Gasteiger partial charge in [0.05, 0.1) is 35.4 Å². The second kappa shape index (κ2) is 9.52. The van der Waals surface area contributed by atoms with Crippen molar-refractivity contribution in [2.24, 2.45) is 5.92 Å². The third kappa shape index (κ3) is 4.90. The van der Waals surface area contributed by atoms with E-state index in [2.05, 4.69) is 4.98 Å². The molecule has 1 unspecified atom stereocenters. The Balaban J connectivity index is 2.11. The minimum atomic E-state index is -1.11. The van der Waals surface area contributed by atoms with E-state index in [1.165, 1.54) is 24.4 Å². The van der Waals surface area contributed by atoms with Crippen molar-refractivity contribution in [2.45, 2.75) is 44.8 Å². The Hall–Kier alpha value is -2.86. The normalized spacial score (nSPS) is 22.0. The van der Waals surface area contributed by atoms with E-state index in [0.717, 1.165) is 4.57 Å². The molecule has 1 saturated heterocycles. The molecule has 0 aliphatic carbocycles. The molecule has 0 radical (unpaired) electrons. The number of nitro groups is 1. The Bertz CT molecular complexity index is 1050. The van der Waals surface area contributed by atoms with E-state index in [9.17, 15) is 29.9 Å². The first-order valence-corrected chi connectivity index (χ1v) is 9.87. The van der Waals surface area contributed by atoms with Crippen LogP contribution in [-0.2, 0) is 9.47 Å². The van der Waals surface area contributed by atoms with Crippen LogP contribution in [0.2, 0.25) is 0 Å². The minimum Gasteiger partial charge on any atom is -0.394 e. The molecule has 11 nitrogen and oxygen atoms in total. The van der Waals surface area contributed by atoms with Gasteiger partial charge in [0.15, 0.2) is 0 Å². The molecule has 0 bridgehead atoms. The molecule has 168 valence electrons. The number of hydrogen-bond acceptors (Lipinski definition) is 8. The quantitative estimate of drug-likeness (QED) is 0.407. The molecule has 1 fully saturated rings. The number of aliphatic hydroxyl groups is 2. The van der Waals surface area contributed by atoms with Gasteiger partial charge in [-0.15, -0.1) is 0 Å².